The number of sulfonamides is 1. The van der Waals surface area contributed by atoms with E-state index in [0.29, 0.717) is 29.4 Å². The zero-order valence-electron chi connectivity index (χ0n) is 19.6. The van der Waals surface area contributed by atoms with Crippen LogP contribution in [0, 0.1) is 20.8 Å². The standard InChI is InChI=1S/C23H26N6O3S2/c1-13-18(14(2)24-22-21(13)15(3)27-29(22)4)10-11-20(30)26-23-25-19(12-33-23)16-6-8-17(9-7-16)28-34(5,31)32/h6-9,12,28H,10-11H2,1-5H3,(H,25,26,30). The van der Waals surface area contributed by atoms with Crippen LogP contribution >= 0.6 is 11.3 Å². The molecule has 178 valence electrons. The lowest BCUT2D eigenvalue weighted by Gasteiger charge is -2.11. The number of nitrogens with one attached hydrogen (secondary N) is 2. The fraction of sp³-hybridized carbons (Fsp3) is 0.304. The largest absolute Gasteiger partial charge is 0.302 e. The minimum Gasteiger partial charge on any atom is -0.302 e. The number of benzene rings is 1. The first-order valence-corrected chi connectivity index (χ1v) is 13.4. The van der Waals surface area contributed by atoms with Gasteiger partial charge in [-0.1, -0.05) is 12.1 Å². The molecule has 0 aliphatic carbocycles. The molecule has 3 heterocycles. The zero-order valence-corrected chi connectivity index (χ0v) is 21.3. The Morgan fingerprint density at radius 3 is 2.47 bits per heavy atom. The van der Waals surface area contributed by atoms with Gasteiger partial charge in [-0.2, -0.15) is 5.10 Å². The summed E-state index contributed by atoms with van der Waals surface area (Å²) in [5.74, 6) is -0.115. The van der Waals surface area contributed by atoms with E-state index in [1.807, 2.05) is 26.3 Å². The van der Waals surface area contributed by atoms with Crippen LogP contribution in [0.15, 0.2) is 29.6 Å². The van der Waals surface area contributed by atoms with Crippen molar-refractivity contribution in [2.24, 2.45) is 7.05 Å². The molecule has 9 nitrogen and oxygen atoms in total. The lowest BCUT2D eigenvalue weighted by Crippen LogP contribution is -2.13. The number of fused-ring (bicyclic) bond motifs is 1. The van der Waals surface area contributed by atoms with E-state index < -0.39 is 10.0 Å². The minimum atomic E-state index is -3.33. The molecule has 0 unspecified atom stereocenters. The summed E-state index contributed by atoms with van der Waals surface area (Å²) in [5.41, 5.74) is 6.90. The fourth-order valence-corrected chi connectivity index (χ4v) is 5.34. The van der Waals surface area contributed by atoms with Crippen molar-refractivity contribution >= 4 is 49.1 Å². The molecule has 11 heteroatoms. The number of amides is 1. The second-order valence-electron chi connectivity index (χ2n) is 8.25. The average Bonchev–Trinajstić information content (AvgIpc) is 3.31. The molecular weight excluding hydrogens is 472 g/mol. The number of aryl methyl sites for hydroxylation is 4. The molecule has 2 N–H and O–H groups in total. The summed E-state index contributed by atoms with van der Waals surface area (Å²) in [6, 6.07) is 6.91. The first-order valence-electron chi connectivity index (χ1n) is 10.6. The monoisotopic (exact) mass is 498 g/mol. The maximum Gasteiger partial charge on any atom is 0.229 e. The smallest absolute Gasteiger partial charge is 0.229 e. The Labute approximate surface area is 202 Å². The molecule has 0 radical (unpaired) electrons. The van der Waals surface area contributed by atoms with Gasteiger partial charge in [-0.15, -0.1) is 11.3 Å². The molecule has 1 aromatic carbocycles. The van der Waals surface area contributed by atoms with Crippen molar-refractivity contribution < 1.29 is 13.2 Å². The first kappa shape index (κ1) is 23.8. The number of rotatable bonds is 7. The summed E-state index contributed by atoms with van der Waals surface area (Å²) in [5, 5.41) is 10.8. The molecule has 1 amide bonds. The van der Waals surface area contributed by atoms with Gasteiger partial charge in [-0.25, -0.2) is 18.4 Å². The molecule has 0 saturated carbocycles. The van der Waals surface area contributed by atoms with Crippen LogP contribution in [0.25, 0.3) is 22.3 Å². The Bertz CT molecular complexity index is 1490. The number of anilines is 2. The molecule has 0 atom stereocenters. The van der Waals surface area contributed by atoms with Crippen LogP contribution in [0.3, 0.4) is 0 Å². The highest BCUT2D eigenvalue weighted by molar-refractivity contribution is 7.92. The topological polar surface area (TPSA) is 119 Å². The lowest BCUT2D eigenvalue weighted by atomic mass is 9.99. The third kappa shape index (κ3) is 5.10. The van der Waals surface area contributed by atoms with E-state index in [1.165, 1.54) is 11.3 Å². The normalized spacial score (nSPS) is 11.7. The highest BCUT2D eigenvalue weighted by atomic mass is 32.2. The molecule has 0 aliphatic rings. The molecule has 0 aliphatic heterocycles. The molecule has 4 aromatic rings. The average molecular weight is 499 g/mol. The van der Waals surface area contributed by atoms with Crippen molar-refractivity contribution in [2.75, 3.05) is 16.3 Å². The third-order valence-corrected chi connectivity index (χ3v) is 6.93. The maximum atomic E-state index is 12.6. The van der Waals surface area contributed by atoms with E-state index in [9.17, 15) is 13.2 Å². The Balaban J connectivity index is 1.42. The van der Waals surface area contributed by atoms with Gasteiger partial charge in [0.05, 0.1) is 17.6 Å². The Morgan fingerprint density at radius 1 is 1.09 bits per heavy atom. The lowest BCUT2D eigenvalue weighted by molar-refractivity contribution is -0.116. The van der Waals surface area contributed by atoms with Crippen molar-refractivity contribution in [3.8, 4) is 11.3 Å². The maximum absolute atomic E-state index is 12.6. The number of carbonyl (C=O) groups is 1. The van der Waals surface area contributed by atoms with Crippen LogP contribution in [-0.2, 0) is 28.3 Å². The number of hydrogen-bond acceptors (Lipinski definition) is 7. The van der Waals surface area contributed by atoms with E-state index in [1.54, 1.807) is 28.9 Å². The summed E-state index contributed by atoms with van der Waals surface area (Å²) < 4.78 is 26.9. The quantitative estimate of drug-likeness (QED) is 0.398. The predicted molar refractivity (Wildman–Crippen MR) is 136 cm³/mol. The summed E-state index contributed by atoms with van der Waals surface area (Å²) in [6.07, 6.45) is 2.00. The molecule has 34 heavy (non-hydrogen) atoms. The van der Waals surface area contributed by atoms with Gasteiger partial charge in [-0.05, 0) is 50.5 Å². The van der Waals surface area contributed by atoms with Crippen molar-refractivity contribution in [3.05, 3.63) is 52.2 Å². The van der Waals surface area contributed by atoms with Crippen LogP contribution in [-0.4, -0.2) is 40.3 Å². The number of carbonyl (C=O) groups excluding carboxylic acids is 1. The van der Waals surface area contributed by atoms with E-state index in [4.69, 9.17) is 4.98 Å². The summed E-state index contributed by atoms with van der Waals surface area (Å²) in [7, 11) is -1.44. The van der Waals surface area contributed by atoms with Crippen molar-refractivity contribution in [3.63, 3.8) is 0 Å². The van der Waals surface area contributed by atoms with Crippen LogP contribution in [0.4, 0.5) is 10.8 Å². The molecule has 0 saturated heterocycles. The van der Waals surface area contributed by atoms with E-state index in [2.05, 4.69) is 27.0 Å². The summed E-state index contributed by atoms with van der Waals surface area (Å²) in [6.45, 7) is 5.99. The minimum absolute atomic E-state index is 0.115. The van der Waals surface area contributed by atoms with Crippen molar-refractivity contribution in [1.82, 2.24) is 19.7 Å². The molecule has 3 aromatic heterocycles. The highest BCUT2D eigenvalue weighted by Crippen LogP contribution is 2.28. The molecule has 0 bridgehead atoms. The van der Waals surface area contributed by atoms with E-state index in [-0.39, 0.29) is 5.91 Å². The highest BCUT2D eigenvalue weighted by Gasteiger charge is 2.16. The van der Waals surface area contributed by atoms with Crippen LogP contribution in [0.2, 0.25) is 0 Å². The van der Waals surface area contributed by atoms with E-state index >= 15 is 0 Å². The SMILES string of the molecule is Cc1nc2c(c(C)nn2C)c(C)c1CCC(=O)Nc1nc(-c2ccc(NS(C)(=O)=O)cc2)cs1. The van der Waals surface area contributed by atoms with Crippen LogP contribution in [0.1, 0.15) is 28.9 Å². The second-order valence-corrected chi connectivity index (χ2v) is 10.9. The van der Waals surface area contributed by atoms with Gasteiger partial charge in [-0.3, -0.25) is 14.2 Å². The van der Waals surface area contributed by atoms with Gasteiger partial charge < -0.3 is 5.32 Å². The number of aromatic nitrogens is 4. The van der Waals surface area contributed by atoms with Crippen LogP contribution in [0.5, 0.6) is 0 Å². The van der Waals surface area contributed by atoms with Gasteiger partial charge >= 0.3 is 0 Å². The number of hydrogen-bond donors (Lipinski definition) is 2. The predicted octanol–water partition coefficient (Wildman–Crippen LogP) is 3.96. The zero-order chi connectivity index (χ0) is 24.6. The molecular formula is C23H26N6O3S2. The Kier molecular flexibility index (Phi) is 6.41. The van der Waals surface area contributed by atoms with Gasteiger partial charge in [0.25, 0.3) is 0 Å². The molecule has 4 rings (SSSR count). The van der Waals surface area contributed by atoms with Gasteiger partial charge in [0.15, 0.2) is 10.8 Å². The van der Waals surface area contributed by atoms with Crippen LogP contribution < -0.4 is 10.0 Å². The second kappa shape index (κ2) is 9.15. The number of pyridine rings is 1. The summed E-state index contributed by atoms with van der Waals surface area (Å²) >= 11 is 1.34. The van der Waals surface area contributed by atoms with E-state index in [0.717, 1.165) is 45.4 Å². The Hall–Kier alpha value is -3.31. The fourth-order valence-electron chi connectivity index (χ4n) is 4.04. The summed E-state index contributed by atoms with van der Waals surface area (Å²) in [4.78, 5) is 21.8. The van der Waals surface area contributed by atoms with Gasteiger partial charge in [0, 0.05) is 41.2 Å². The molecule has 0 fully saturated rings. The Morgan fingerprint density at radius 2 is 1.79 bits per heavy atom. The first-order chi connectivity index (χ1) is 16.0. The number of nitrogens with zero attached hydrogens (tertiary/aromatic N) is 4. The van der Waals surface area contributed by atoms with Crippen molar-refractivity contribution in [1.29, 1.82) is 0 Å². The number of thiazole rings is 1. The van der Waals surface area contributed by atoms with Gasteiger partial charge in [0.1, 0.15) is 0 Å². The van der Waals surface area contributed by atoms with Crippen molar-refractivity contribution in [2.45, 2.75) is 33.6 Å². The molecule has 0 spiro atoms. The van der Waals surface area contributed by atoms with Gasteiger partial charge in [0.2, 0.25) is 15.9 Å². The third-order valence-electron chi connectivity index (χ3n) is 5.57.